The summed E-state index contributed by atoms with van der Waals surface area (Å²) in [4.78, 5) is 37.5. The molecule has 0 aliphatic carbocycles. The fourth-order valence-corrected chi connectivity index (χ4v) is 1.36. The van der Waals surface area contributed by atoms with E-state index in [9.17, 15) is 14.4 Å². The van der Waals surface area contributed by atoms with Crippen molar-refractivity contribution in [1.29, 1.82) is 0 Å². The zero-order valence-electron chi connectivity index (χ0n) is 10.9. The highest BCUT2D eigenvalue weighted by Gasteiger charge is 2.17. The van der Waals surface area contributed by atoms with Gasteiger partial charge in [-0.15, -0.1) is 0 Å². The third-order valence-corrected chi connectivity index (χ3v) is 2.41. The van der Waals surface area contributed by atoms with E-state index in [-0.39, 0.29) is 11.5 Å². The largest absolute Gasteiger partial charge is 0.383 e. The molecule has 0 fully saturated rings. The maximum Gasteiger partial charge on any atom is 0.257 e. The van der Waals surface area contributed by atoms with Gasteiger partial charge in [0.1, 0.15) is 11.6 Å². The second-order valence-corrected chi connectivity index (χ2v) is 3.90. The second-order valence-electron chi connectivity index (χ2n) is 3.90. The van der Waals surface area contributed by atoms with Crippen LogP contribution in [-0.2, 0) is 9.53 Å². The van der Waals surface area contributed by atoms with Gasteiger partial charge in [0, 0.05) is 32.1 Å². The number of aromatic amines is 1. The number of nitrogens with one attached hydrogen (secondary N) is 3. The van der Waals surface area contributed by atoms with Gasteiger partial charge in [0.2, 0.25) is 5.91 Å². The number of H-pyrrole nitrogens is 1. The Morgan fingerprint density at radius 2 is 2.21 bits per heavy atom. The van der Waals surface area contributed by atoms with Gasteiger partial charge in [-0.05, 0) is 6.92 Å². The molecule has 0 radical (unpaired) electrons. The summed E-state index contributed by atoms with van der Waals surface area (Å²) in [6, 6.07) is 0.516. The van der Waals surface area contributed by atoms with Gasteiger partial charge in [0.05, 0.1) is 6.61 Å². The SMILES string of the molecule is COCCNC(=O)C(C)NC(=O)c1c[nH]ccc1=O. The quantitative estimate of drug-likeness (QED) is 0.591. The molecule has 1 atom stereocenters. The highest BCUT2D eigenvalue weighted by molar-refractivity contribution is 5.97. The number of aromatic nitrogens is 1. The van der Waals surface area contributed by atoms with Gasteiger partial charge in [0.25, 0.3) is 5.91 Å². The Bertz CT molecular complexity index is 498. The fraction of sp³-hybridized carbons (Fsp3) is 0.417. The van der Waals surface area contributed by atoms with E-state index in [2.05, 4.69) is 15.6 Å². The van der Waals surface area contributed by atoms with Gasteiger partial charge in [-0.1, -0.05) is 0 Å². The van der Waals surface area contributed by atoms with Crippen LogP contribution in [0.15, 0.2) is 23.3 Å². The van der Waals surface area contributed by atoms with Gasteiger partial charge in [0.15, 0.2) is 5.43 Å². The molecule has 1 aromatic rings. The molecule has 1 rings (SSSR count). The minimum absolute atomic E-state index is 0.0287. The minimum Gasteiger partial charge on any atom is -0.383 e. The van der Waals surface area contributed by atoms with Crippen LogP contribution in [0.3, 0.4) is 0 Å². The predicted molar refractivity (Wildman–Crippen MR) is 68.9 cm³/mol. The van der Waals surface area contributed by atoms with Crippen LogP contribution in [0.5, 0.6) is 0 Å². The van der Waals surface area contributed by atoms with Crippen molar-refractivity contribution >= 4 is 11.8 Å². The first-order valence-corrected chi connectivity index (χ1v) is 5.81. The number of rotatable bonds is 6. The van der Waals surface area contributed by atoms with Crippen molar-refractivity contribution in [3.8, 4) is 0 Å². The molecule has 0 bridgehead atoms. The number of ether oxygens (including phenoxy) is 1. The average Bonchev–Trinajstić information content (AvgIpc) is 2.39. The average molecular weight is 267 g/mol. The van der Waals surface area contributed by atoms with E-state index in [0.717, 1.165) is 0 Å². The summed E-state index contributed by atoms with van der Waals surface area (Å²) in [5, 5.41) is 5.04. The van der Waals surface area contributed by atoms with Crippen LogP contribution >= 0.6 is 0 Å². The number of carbonyl (C=O) groups is 2. The Morgan fingerprint density at radius 3 is 2.84 bits per heavy atom. The lowest BCUT2D eigenvalue weighted by atomic mass is 10.2. The van der Waals surface area contributed by atoms with Gasteiger partial charge >= 0.3 is 0 Å². The van der Waals surface area contributed by atoms with Crippen LogP contribution in [0.1, 0.15) is 17.3 Å². The summed E-state index contributed by atoms with van der Waals surface area (Å²) < 4.78 is 4.79. The first-order chi connectivity index (χ1) is 9.06. The van der Waals surface area contributed by atoms with Crippen molar-refractivity contribution in [3.05, 3.63) is 34.2 Å². The molecule has 7 nitrogen and oxygen atoms in total. The van der Waals surface area contributed by atoms with Crippen molar-refractivity contribution in [2.45, 2.75) is 13.0 Å². The van der Waals surface area contributed by atoms with Crippen molar-refractivity contribution in [1.82, 2.24) is 15.6 Å². The number of pyridine rings is 1. The molecule has 1 unspecified atom stereocenters. The van der Waals surface area contributed by atoms with E-state index >= 15 is 0 Å². The number of hydrogen-bond donors (Lipinski definition) is 3. The minimum atomic E-state index is -0.732. The highest BCUT2D eigenvalue weighted by atomic mass is 16.5. The normalized spacial score (nSPS) is 11.7. The molecule has 7 heteroatoms. The maximum atomic E-state index is 11.8. The lowest BCUT2D eigenvalue weighted by molar-refractivity contribution is -0.122. The lowest BCUT2D eigenvalue weighted by Crippen LogP contribution is -2.46. The summed E-state index contributed by atoms with van der Waals surface area (Å²) in [5.74, 6) is -0.922. The molecule has 3 N–H and O–H groups in total. The molecule has 0 spiro atoms. The topological polar surface area (TPSA) is 100 Å². The summed E-state index contributed by atoms with van der Waals surface area (Å²) in [7, 11) is 1.53. The Labute approximate surface area is 110 Å². The van der Waals surface area contributed by atoms with Gasteiger partial charge in [-0.25, -0.2) is 0 Å². The van der Waals surface area contributed by atoms with Gasteiger partial charge in [-0.2, -0.15) is 0 Å². The molecular weight excluding hydrogens is 250 g/mol. The first-order valence-electron chi connectivity index (χ1n) is 5.81. The van der Waals surface area contributed by atoms with Crippen molar-refractivity contribution < 1.29 is 14.3 Å². The van der Waals surface area contributed by atoms with Crippen LogP contribution in [-0.4, -0.2) is 43.1 Å². The molecule has 0 aliphatic heterocycles. The van der Waals surface area contributed by atoms with Crippen LogP contribution in [0.2, 0.25) is 0 Å². The van der Waals surface area contributed by atoms with Gasteiger partial charge < -0.3 is 20.4 Å². The standard InChI is InChI=1S/C12H17N3O4/c1-8(11(17)14-5-6-19-2)15-12(18)9-7-13-4-3-10(9)16/h3-4,7-8H,5-6H2,1-2H3,(H,13,16)(H,14,17)(H,15,18). The molecule has 0 saturated carbocycles. The van der Waals surface area contributed by atoms with Crippen LogP contribution in [0, 0.1) is 0 Å². The Morgan fingerprint density at radius 1 is 1.47 bits per heavy atom. The van der Waals surface area contributed by atoms with E-state index in [1.807, 2.05) is 0 Å². The van der Waals surface area contributed by atoms with E-state index < -0.39 is 17.4 Å². The summed E-state index contributed by atoms with van der Waals surface area (Å²) in [6.45, 7) is 2.30. The highest BCUT2D eigenvalue weighted by Crippen LogP contribution is 1.91. The van der Waals surface area contributed by atoms with E-state index in [1.54, 1.807) is 0 Å². The molecule has 0 aromatic carbocycles. The Balaban J connectivity index is 2.55. The number of methoxy groups -OCH3 is 1. The Hall–Kier alpha value is -2.15. The van der Waals surface area contributed by atoms with Gasteiger partial charge in [-0.3, -0.25) is 14.4 Å². The fourth-order valence-electron chi connectivity index (χ4n) is 1.36. The summed E-state index contributed by atoms with van der Waals surface area (Å²) in [6.07, 6.45) is 2.73. The van der Waals surface area contributed by atoms with E-state index in [4.69, 9.17) is 4.74 Å². The predicted octanol–water partition coefficient (Wildman–Crippen LogP) is -0.744. The molecule has 1 heterocycles. The zero-order valence-corrected chi connectivity index (χ0v) is 10.9. The summed E-state index contributed by atoms with van der Waals surface area (Å²) in [5.41, 5.74) is -0.428. The van der Waals surface area contributed by atoms with Crippen molar-refractivity contribution in [3.63, 3.8) is 0 Å². The molecule has 2 amide bonds. The lowest BCUT2D eigenvalue weighted by Gasteiger charge is -2.13. The second kappa shape index (κ2) is 7.32. The van der Waals surface area contributed by atoms with E-state index in [0.29, 0.717) is 13.2 Å². The molecule has 0 aliphatic rings. The van der Waals surface area contributed by atoms with E-state index in [1.165, 1.54) is 32.5 Å². The summed E-state index contributed by atoms with van der Waals surface area (Å²) >= 11 is 0. The molecule has 1 aromatic heterocycles. The van der Waals surface area contributed by atoms with Crippen LogP contribution in [0.4, 0.5) is 0 Å². The smallest absolute Gasteiger partial charge is 0.257 e. The van der Waals surface area contributed by atoms with Crippen LogP contribution < -0.4 is 16.1 Å². The number of amides is 2. The third-order valence-electron chi connectivity index (χ3n) is 2.41. The monoisotopic (exact) mass is 267 g/mol. The zero-order chi connectivity index (χ0) is 14.3. The number of carbonyl (C=O) groups excluding carboxylic acids is 2. The third kappa shape index (κ3) is 4.55. The first kappa shape index (κ1) is 14.9. The van der Waals surface area contributed by atoms with Crippen molar-refractivity contribution in [2.75, 3.05) is 20.3 Å². The molecule has 19 heavy (non-hydrogen) atoms. The van der Waals surface area contributed by atoms with Crippen molar-refractivity contribution in [2.24, 2.45) is 0 Å². The number of hydrogen-bond acceptors (Lipinski definition) is 4. The Kier molecular flexibility index (Phi) is 5.74. The molecule has 104 valence electrons. The molecular formula is C12H17N3O4. The molecule has 0 saturated heterocycles. The van der Waals surface area contributed by atoms with Crippen LogP contribution in [0.25, 0.3) is 0 Å². The maximum absolute atomic E-state index is 11.8.